The van der Waals surface area contributed by atoms with Crippen LogP contribution in [0.25, 0.3) is 0 Å². The standard InChI is InChI=1S/C38H72O7Si3/c1-25-29(32(40)41-14)30(39)31-36(11)22-21-27(44-47(17,18)34(5,6)7)37(12,24-42-46(15,16)33(2,3)4)26(36)23-28(38(31,13)43-25)45-48(19,20)35(8,9)10/h26-28,31H,21-24H2,1-20H3/t26-,27+,28+,31-,36+,37?,38-/m1/s1. The first-order valence-electron chi connectivity index (χ1n) is 18.3. The van der Waals surface area contributed by atoms with E-state index in [0.717, 1.165) is 19.3 Å². The van der Waals surface area contributed by atoms with Crippen LogP contribution in [0.4, 0.5) is 0 Å². The highest BCUT2D eigenvalue weighted by molar-refractivity contribution is 6.75. The lowest BCUT2D eigenvalue weighted by molar-refractivity contribution is -0.242. The number of ketones is 1. The fourth-order valence-electron chi connectivity index (χ4n) is 8.00. The first-order chi connectivity index (χ1) is 21.2. The minimum atomic E-state index is -2.33. The van der Waals surface area contributed by atoms with Crippen molar-refractivity contribution in [1.29, 1.82) is 0 Å². The second-order valence-electron chi connectivity index (χ2n) is 20.6. The predicted molar refractivity (Wildman–Crippen MR) is 204 cm³/mol. The van der Waals surface area contributed by atoms with Gasteiger partial charge in [-0.25, -0.2) is 4.79 Å². The number of esters is 1. The second-order valence-corrected chi connectivity index (χ2v) is 34.9. The Labute approximate surface area is 297 Å². The van der Waals surface area contributed by atoms with Crippen molar-refractivity contribution in [3.63, 3.8) is 0 Å². The van der Waals surface area contributed by atoms with Crippen molar-refractivity contribution in [2.75, 3.05) is 13.7 Å². The van der Waals surface area contributed by atoms with E-state index in [2.05, 4.69) is 122 Å². The van der Waals surface area contributed by atoms with Gasteiger partial charge in [-0.05, 0) is 98.8 Å². The average Bonchev–Trinajstić information content (AvgIpc) is 2.88. The Hall–Kier alpha value is -0.789. The number of hydrogen-bond donors (Lipinski definition) is 0. The minimum Gasteiger partial charge on any atom is -0.488 e. The molecule has 0 aromatic carbocycles. The van der Waals surface area contributed by atoms with Crippen molar-refractivity contribution in [2.24, 2.45) is 22.7 Å². The molecule has 1 unspecified atom stereocenters. The van der Waals surface area contributed by atoms with E-state index in [1.54, 1.807) is 6.92 Å². The smallest absolute Gasteiger partial charge is 0.344 e. The van der Waals surface area contributed by atoms with Crippen molar-refractivity contribution in [3.8, 4) is 0 Å². The predicted octanol–water partition coefficient (Wildman–Crippen LogP) is 10.0. The van der Waals surface area contributed by atoms with Crippen LogP contribution in [0.1, 0.15) is 109 Å². The number of ether oxygens (including phenoxy) is 2. The van der Waals surface area contributed by atoms with Gasteiger partial charge in [0.25, 0.3) is 0 Å². The summed E-state index contributed by atoms with van der Waals surface area (Å²) in [5.41, 5.74) is -1.84. The molecule has 2 saturated carbocycles. The van der Waals surface area contributed by atoms with E-state index < -0.39 is 53.3 Å². The molecule has 0 saturated heterocycles. The third-order valence-corrected chi connectivity index (χ3v) is 27.7. The van der Waals surface area contributed by atoms with Gasteiger partial charge in [-0.3, -0.25) is 4.79 Å². The summed E-state index contributed by atoms with van der Waals surface area (Å²) in [5.74, 6) is -1.07. The van der Waals surface area contributed by atoms with Gasteiger partial charge in [-0.15, -0.1) is 0 Å². The van der Waals surface area contributed by atoms with Crippen LogP contribution in [0.2, 0.25) is 54.4 Å². The Morgan fingerprint density at radius 1 is 0.812 bits per heavy atom. The molecule has 1 aliphatic heterocycles. The molecule has 278 valence electrons. The lowest BCUT2D eigenvalue weighted by atomic mass is 9.43. The van der Waals surface area contributed by atoms with Crippen LogP contribution in [0.15, 0.2) is 11.3 Å². The number of allylic oxidation sites excluding steroid dienone is 1. The summed E-state index contributed by atoms with van der Waals surface area (Å²) in [6, 6.07) is 0. The van der Waals surface area contributed by atoms with Gasteiger partial charge in [0.15, 0.2) is 30.7 Å². The van der Waals surface area contributed by atoms with Crippen molar-refractivity contribution < 1.29 is 32.3 Å². The topological polar surface area (TPSA) is 80.3 Å². The summed E-state index contributed by atoms with van der Waals surface area (Å²) in [4.78, 5) is 28.1. The Kier molecular flexibility index (Phi) is 11.0. The minimum absolute atomic E-state index is 0.0102. The third kappa shape index (κ3) is 7.02. The van der Waals surface area contributed by atoms with Crippen molar-refractivity contribution in [1.82, 2.24) is 0 Å². The molecule has 0 bridgehead atoms. The Morgan fingerprint density at radius 3 is 1.71 bits per heavy atom. The monoisotopic (exact) mass is 724 g/mol. The number of fused-ring (bicyclic) bond motifs is 3. The molecule has 0 amide bonds. The zero-order valence-electron chi connectivity index (χ0n) is 34.5. The number of rotatable bonds is 8. The molecule has 1 heterocycles. The highest BCUT2D eigenvalue weighted by Gasteiger charge is 2.71. The Morgan fingerprint density at radius 2 is 1.27 bits per heavy atom. The van der Waals surface area contributed by atoms with Gasteiger partial charge in [-0.1, -0.05) is 76.2 Å². The largest absolute Gasteiger partial charge is 0.488 e. The zero-order chi connectivity index (χ0) is 37.5. The van der Waals surface area contributed by atoms with Gasteiger partial charge in [0, 0.05) is 12.0 Å². The van der Waals surface area contributed by atoms with Crippen LogP contribution in [0.3, 0.4) is 0 Å². The molecular formula is C38H72O7Si3. The van der Waals surface area contributed by atoms with Crippen LogP contribution in [0.5, 0.6) is 0 Å². The molecule has 0 aromatic rings. The number of methoxy groups -OCH3 is 1. The maximum Gasteiger partial charge on any atom is 0.344 e. The summed E-state index contributed by atoms with van der Waals surface area (Å²) < 4.78 is 34.0. The zero-order valence-corrected chi connectivity index (χ0v) is 37.5. The Bertz CT molecular complexity index is 1280. The molecule has 7 atom stereocenters. The fraction of sp³-hybridized carbons (Fsp3) is 0.895. The molecule has 0 radical (unpaired) electrons. The average molecular weight is 725 g/mol. The molecule has 48 heavy (non-hydrogen) atoms. The molecule has 2 aliphatic carbocycles. The molecule has 0 aromatic heterocycles. The van der Waals surface area contributed by atoms with Crippen LogP contribution in [0, 0.1) is 22.7 Å². The maximum atomic E-state index is 14.9. The summed E-state index contributed by atoms with van der Waals surface area (Å²) in [5, 5.41) is 0.0375. The maximum absolute atomic E-state index is 14.9. The number of hydrogen-bond acceptors (Lipinski definition) is 7. The molecular weight excluding hydrogens is 653 g/mol. The SMILES string of the molecule is COC(=O)C1=C(C)O[C@]2(C)[C@@H](O[Si](C)(C)C(C)(C)C)C[C@H]3C(C)(CO[Si](C)(C)C(C)(C)C)[C@@H](O[Si](C)(C)C(C)(C)C)CC[C@]3(C)[C@H]2C1=O. The highest BCUT2D eigenvalue weighted by Crippen LogP contribution is 2.66. The normalized spacial score (nSPS) is 34.0. The van der Waals surface area contributed by atoms with Crippen molar-refractivity contribution in [3.05, 3.63) is 11.3 Å². The van der Waals surface area contributed by atoms with E-state index in [0.29, 0.717) is 12.4 Å². The molecule has 7 nitrogen and oxygen atoms in total. The summed E-state index contributed by atoms with van der Waals surface area (Å²) in [6.45, 7) is 43.3. The molecule has 0 N–H and O–H groups in total. The van der Waals surface area contributed by atoms with E-state index >= 15 is 0 Å². The first-order valence-corrected chi connectivity index (χ1v) is 27.0. The molecule has 0 spiro atoms. The lowest BCUT2D eigenvalue weighted by Gasteiger charge is -2.67. The second kappa shape index (κ2) is 12.7. The van der Waals surface area contributed by atoms with Gasteiger partial charge in [0.1, 0.15) is 16.9 Å². The van der Waals surface area contributed by atoms with Gasteiger partial charge in [-0.2, -0.15) is 0 Å². The molecule has 10 heteroatoms. The fourth-order valence-corrected chi connectivity index (χ4v) is 11.9. The van der Waals surface area contributed by atoms with Gasteiger partial charge in [0.05, 0.1) is 25.2 Å². The first kappa shape index (κ1) is 41.6. The van der Waals surface area contributed by atoms with Crippen molar-refractivity contribution >= 4 is 36.7 Å². The third-order valence-electron chi connectivity index (χ3n) is 14.3. The van der Waals surface area contributed by atoms with Crippen LogP contribution < -0.4 is 0 Å². The number of carbonyl (C=O) groups excluding carboxylic acids is 2. The van der Waals surface area contributed by atoms with E-state index in [-0.39, 0.29) is 44.6 Å². The van der Waals surface area contributed by atoms with E-state index in [4.69, 9.17) is 22.8 Å². The summed E-state index contributed by atoms with van der Waals surface area (Å²) in [7, 11) is -5.34. The molecule has 2 fully saturated rings. The van der Waals surface area contributed by atoms with Crippen molar-refractivity contribution in [2.45, 2.75) is 181 Å². The summed E-state index contributed by atoms with van der Waals surface area (Å²) in [6.07, 6.45) is 1.90. The molecule has 3 rings (SSSR count). The van der Waals surface area contributed by atoms with Gasteiger partial charge >= 0.3 is 5.97 Å². The van der Waals surface area contributed by atoms with Crippen LogP contribution >= 0.6 is 0 Å². The van der Waals surface area contributed by atoms with Crippen LogP contribution in [-0.2, 0) is 32.3 Å². The summed E-state index contributed by atoms with van der Waals surface area (Å²) >= 11 is 0. The number of Topliss-reactive ketones (excluding diaryl/α,β-unsaturated/α-hetero) is 1. The van der Waals surface area contributed by atoms with E-state index in [9.17, 15) is 9.59 Å². The van der Waals surface area contributed by atoms with Gasteiger partial charge < -0.3 is 22.8 Å². The Balaban J connectivity index is 2.32. The van der Waals surface area contributed by atoms with Crippen LogP contribution in [-0.4, -0.2) is 68.2 Å². The highest BCUT2D eigenvalue weighted by atomic mass is 28.4. The van der Waals surface area contributed by atoms with Gasteiger partial charge in [0.2, 0.25) is 0 Å². The van der Waals surface area contributed by atoms with E-state index in [1.165, 1.54) is 7.11 Å². The van der Waals surface area contributed by atoms with E-state index in [1.807, 2.05) is 0 Å². The lowest BCUT2D eigenvalue weighted by Crippen LogP contribution is -2.72. The quantitative estimate of drug-likeness (QED) is 0.140. The molecule has 3 aliphatic rings. The number of carbonyl (C=O) groups is 2.